The van der Waals surface area contributed by atoms with Crippen molar-refractivity contribution in [2.45, 2.75) is 117 Å². The second-order valence-corrected chi connectivity index (χ2v) is 17.6. The predicted octanol–water partition coefficient (Wildman–Crippen LogP) is 5.43. The highest BCUT2D eigenvalue weighted by atomic mass is 35.5. The third-order valence-corrected chi connectivity index (χ3v) is 10.9. The fraction of sp³-hybridized carbons (Fsp3) is 0.468. The van der Waals surface area contributed by atoms with Gasteiger partial charge in [-0.1, -0.05) is 60.1 Å². The van der Waals surface area contributed by atoms with Gasteiger partial charge in [0.15, 0.2) is 16.6 Å². The van der Waals surface area contributed by atoms with Crippen LogP contribution in [0, 0.1) is 35.8 Å². The Morgan fingerprint density at radius 1 is 0.791 bits per heavy atom. The van der Waals surface area contributed by atoms with E-state index < -0.39 is 82.5 Å². The molecule has 2 unspecified atom stereocenters. The molecule has 364 valence electrons. The predicted molar refractivity (Wildman–Crippen MR) is 251 cm³/mol. The number of Topliss-reactive ketones (excluding diaryl/α,β-unsaturated/α-hetero) is 2. The number of rotatable bonds is 26. The van der Waals surface area contributed by atoms with Crippen LogP contribution in [0.1, 0.15) is 93.5 Å². The molecule has 0 saturated heterocycles. The number of hydrogen-bond acceptors (Lipinski definition) is 11. The number of nitrogens with one attached hydrogen (secondary N) is 4. The number of nitrogens with two attached hydrogens (primary N) is 2. The lowest BCUT2D eigenvalue weighted by Gasteiger charge is -2.26. The van der Waals surface area contributed by atoms with E-state index in [0.717, 1.165) is 5.56 Å². The fourth-order valence-electron chi connectivity index (χ4n) is 7.23. The minimum Gasteiger partial charge on any atom is -0.508 e. The molecule has 4 amide bonds. The van der Waals surface area contributed by atoms with Crippen LogP contribution in [-0.4, -0.2) is 82.4 Å². The van der Waals surface area contributed by atoms with E-state index in [2.05, 4.69) is 26.4 Å². The molecule has 0 saturated carbocycles. The maximum absolute atomic E-state index is 14.6. The van der Waals surface area contributed by atoms with E-state index in [1.54, 1.807) is 71.0 Å². The Labute approximate surface area is 395 Å². The number of alkyl carbamates (subject to hydrolysis) is 2. The number of hydrogen-bond donors (Lipinski definition) is 7. The maximum Gasteiger partial charge on any atom is 0.408 e. The van der Waals surface area contributed by atoms with Gasteiger partial charge in [-0.3, -0.25) is 19.2 Å². The van der Waals surface area contributed by atoms with Crippen LogP contribution in [-0.2, 0) is 48.1 Å². The molecular weight excluding hydrogens is 888 g/mol. The zero-order chi connectivity index (χ0) is 49.7. The van der Waals surface area contributed by atoms with Crippen molar-refractivity contribution >= 4 is 53.1 Å². The van der Waals surface area contributed by atoms with Gasteiger partial charge in [0, 0.05) is 48.4 Å². The van der Waals surface area contributed by atoms with Crippen molar-refractivity contribution in [1.82, 2.24) is 21.3 Å². The summed E-state index contributed by atoms with van der Waals surface area (Å²) in [6.45, 7) is 8.59. The van der Waals surface area contributed by atoms with Crippen LogP contribution >= 0.6 is 11.6 Å². The van der Waals surface area contributed by atoms with Crippen LogP contribution in [0.2, 0.25) is 5.02 Å². The van der Waals surface area contributed by atoms with Gasteiger partial charge in [0.1, 0.15) is 23.1 Å². The van der Waals surface area contributed by atoms with Crippen molar-refractivity contribution in [3.05, 3.63) is 110 Å². The number of phenols is 1. The smallest absolute Gasteiger partial charge is 0.408 e. The Balaban J connectivity index is 1.90. The summed E-state index contributed by atoms with van der Waals surface area (Å²) in [6.07, 6.45) is -1.17. The van der Waals surface area contributed by atoms with Crippen LogP contribution in [0.4, 0.5) is 9.59 Å². The number of phenolic OH excluding ortho intramolecular Hbond substituents is 1. The maximum atomic E-state index is 14.6. The van der Waals surface area contributed by atoms with E-state index in [4.69, 9.17) is 32.5 Å². The first-order valence-corrected chi connectivity index (χ1v) is 22.3. The van der Waals surface area contributed by atoms with Crippen molar-refractivity contribution in [3.8, 4) is 5.75 Å². The van der Waals surface area contributed by atoms with Gasteiger partial charge >= 0.3 is 12.2 Å². The molecule has 0 aliphatic carbocycles. The molecule has 20 heteroatoms. The molecule has 0 heterocycles. The third kappa shape index (κ3) is 20.5. The Morgan fingerprint density at radius 3 is 1.99 bits per heavy atom. The van der Waals surface area contributed by atoms with Crippen molar-refractivity contribution < 1.29 is 48.4 Å². The number of halogens is 1. The molecule has 3 aromatic carbocycles. The number of ether oxygens (including phenoxy) is 2. The van der Waals surface area contributed by atoms with Crippen molar-refractivity contribution in [2.24, 2.45) is 28.4 Å². The standard InChI is InChI=1S/C47H63ClN8O11/c1-29-22-35(57)23-30(2)36(29)25-34(27-41(59)39(54-46(63)67-47(3,4)5)19-13-21-51-44(50)55-56(64)65)43(61)53-38(40(58)26-33(42(49)60)24-31-14-7-6-8-15-31)18-11-12-20-52-45(62)66-28-32-16-9-10-17-37(32)48/h6-10,14-17,22-23,33-34,38-39,57H,11-13,18-21,24-28H2,1-5H3,(H2,49,60)(H,52,62)(H,53,61)(H,54,63)(H3,50,51,55)/t33-,34?,38+,39?/m1/s1. The Hall–Kier alpha value is -6.76. The number of amides is 4. The van der Waals surface area contributed by atoms with Gasteiger partial charge in [0.25, 0.3) is 5.96 Å². The number of unbranched alkanes of at least 4 members (excludes halogenated alkanes) is 1. The van der Waals surface area contributed by atoms with E-state index in [0.29, 0.717) is 40.1 Å². The van der Waals surface area contributed by atoms with Crippen molar-refractivity contribution in [2.75, 3.05) is 13.1 Å². The minimum atomic E-state index is -1.20. The number of guanidine groups is 1. The summed E-state index contributed by atoms with van der Waals surface area (Å²) >= 11 is 6.17. The van der Waals surface area contributed by atoms with Crippen LogP contribution in [0.3, 0.4) is 0 Å². The summed E-state index contributed by atoms with van der Waals surface area (Å²) in [5.74, 6) is -4.88. The molecule has 3 aromatic rings. The molecule has 9 N–H and O–H groups in total. The van der Waals surface area contributed by atoms with Crippen LogP contribution < -0.4 is 32.7 Å². The molecule has 0 fully saturated rings. The fourth-order valence-corrected chi connectivity index (χ4v) is 7.42. The number of aryl methyl sites for hydroxylation is 2. The van der Waals surface area contributed by atoms with Crippen LogP contribution in [0.5, 0.6) is 5.75 Å². The Bertz CT molecular complexity index is 2190. The molecule has 0 aliphatic heterocycles. The highest BCUT2D eigenvalue weighted by molar-refractivity contribution is 6.31. The summed E-state index contributed by atoms with van der Waals surface area (Å²) in [7, 11) is 0. The number of ketones is 2. The highest BCUT2D eigenvalue weighted by Crippen LogP contribution is 2.26. The summed E-state index contributed by atoms with van der Waals surface area (Å²) in [5, 5.41) is 34.2. The van der Waals surface area contributed by atoms with Gasteiger partial charge < -0.3 is 47.3 Å². The SMILES string of the molecule is Cc1cc(O)cc(C)c1CC(CC(=O)C(CCCN/C(N)=N\[N+](=O)[O-])NC(=O)OC(C)(C)C)C(=O)N[C@@H](CCCCNC(=O)OCc1ccccc1Cl)C(=O)C[C@@H](Cc1ccccc1)C(N)=O. The highest BCUT2D eigenvalue weighted by Gasteiger charge is 2.33. The van der Waals surface area contributed by atoms with Crippen molar-refractivity contribution in [1.29, 1.82) is 0 Å². The zero-order valence-corrected chi connectivity index (χ0v) is 39.4. The largest absolute Gasteiger partial charge is 0.508 e. The quantitative estimate of drug-likeness (QED) is 0.0174. The number of carbonyl (C=O) groups is 6. The minimum absolute atomic E-state index is 0.00103. The molecular formula is C47H63ClN8O11. The molecule has 4 atom stereocenters. The average Bonchev–Trinajstić information content (AvgIpc) is 3.23. The van der Waals surface area contributed by atoms with Gasteiger partial charge in [0.05, 0.1) is 12.1 Å². The van der Waals surface area contributed by atoms with Crippen LogP contribution in [0.25, 0.3) is 0 Å². The van der Waals surface area contributed by atoms with E-state index in [-0.39, 0.29) is 64.0 Å². The van der Waals surface area contributed by atoms with Gasteiger partial charge in [-0.05, 0) is 120 Å². The second kappa shape index (κ2) is 27.0. The van der Waals surface area contributed by atoms with Gasteiger partial charge in [-0.15, -0.1) is 0 Å². The number of benzene rings is 3. The number of carbonyl (C=O) groups excluding carboxylic acids is 6. The first-order valence-electron chi connectivity index (χ1n) is 22.0. The van der Waals surface area contributed by atoms with E-state index in [9.17, 15) is 44.0 Å². The zero-order valence-electron chi connectivity index (χ0n) is 38.6. The molecule has 3 rings (SSSR count). The lowest BCUT2D eigenvalue weighted by molar-refractivity contribution is -0.485. The van der Waals surface area contributed by atoms with Crippen molar-refractivity contribution in [3.63, 3.8) is 0 Å². The molecule has 19 nitrogen and oxygen atoms in total. The topological polar surface area (TPSA) is 297 Å². The number of nitrogens with zero attached hydrogens (tertiary/aromatic N) is 2. The molecule has 0 aromatic heterocycles. The Morgan fingerprint density at radius 2 is 1.37 bits per heavy atom. The molecule has 0 radical (unpaired) electrons. The lowest BCUT2D eigenvalue weighted by Crippen LogP contribution is -2.48. The molecule has 0 aliphatic rings. The first kappa shape index (κ1) is 54.6. The summed E-state index contributed by atoms with van der Waals surface area (Å²) in [4.78, 5) is 92.0. The lowest BCUT2D eigenvalue weighted by atomic mass is 9.86. The van der Waals surface area contributed by atoms with E-state index >= 15 is 0 Å². The number of hydrazone groups is 1. The van der Waals surface area contributed by atoms with Gasteiger partial charge in [-0.25, -0.2) is 19.7 Å². The van der Waals surface area contributed by atoms with Gasteiger partial charge in [0.2, 0.25) is 11.8 Å². The normalized spacial score (nSPS) is 13.3. The van der Waals surface area contributed by atoms with E-state index in [1.165, 1.54) is 12.1 Å². The number of aromatic hydroxyl groups is 1. The summed E-state index contributed by atoms with van der Waals surface area (Å²) in [5.41, 5.74) is 13.8. The molecule has 67 heavy (non-hydrogen) atoms. The second-order valence-electron chi connectivity index (χ2n) is 17.2. The third-order valence-electron chi connectivity index (χ3n) is 10.6. The van der Waals surface area contributed by atoms with Crippen LogP contribution in [0.15, 0.2) is 71.8 Å². The number of primary amides is 1. The molecule has 0 bridgehead atoms. The average molecular weight is 952 g/mol. The Kier molecular flexibility index (Phi) is 22.0. The monoisotopic (exact) mass is 950 g/mol. The van der Waals surface area contributed by atoms with Gasteiger partial charge in [-0.2, -0.15) is 0 Å². The number of nitro groups is 1. The first-order chi connectivity index (χ1) is 31.6. The van der Waals surface area contributed by atoms with E-state index in [1.807, 2.05) is 18.2 Å². The molecule has 0 spiro atoms. The summed E-state index contributed by atoms with van der Waals surface area (Å²) < 4.78 is 10.7. The summed E-state index contributed by atoms with van der Waals surface area (Å²) in [6, 6.07) is 16.7.